The van der Waals surface area contributed by atoms with Gasteiger partial charge in [0.05, 0.1) is 10.5 Å². The van der Waals surface area contributed by atoms with Crippen LogP contribution in [0.25, 0.3) is 0 Å². The van der Waals surface area contributed by atoms with Crippen molar-refractivity contribution in [2.24, 2.45) is 11.8 Å². The summed E-state index contributed by atoms with van der Waals surface area (Å²) in [6, 6.07) is 8.04. The number of sulfone groups is 1. The van der Waals surface area contributed by atoms with Crippen molar-refractivity contribution in [2.75, 3.05) is 5.75 Å². The smallest absolute Gasteiger partial charge is 0.251 e. The zero-order valence-electron chi connectivity index (χ0n) is 18.1. The highest BCUT2D eigenvalue weighted by Gasteiger charge is 2.33. The van der Waals surface area contributed by atoms with E-state index in [1.165, 1.54) is 5.56 Å². The molecule has 5 heteroatoms. The summed E-state index contributed by atoms with van der Waals surface area (Å²) < 4.78 is 24.2. The van der Waals surface area contributed by atoms with Crippen molar-refractivity contribution in [3.05, 3.63) is 35.4 Å². The van der Waals surface area contributed by atoms with Crippen LogP contribution < -0.4 is 5.32 Å². The van der Waals surface area contributed by atoms with E-state index in [4.69, 9.17) is 0 Å². The van der Waals surface area contributed by atoms with E-state index in [9.17, 15) is 13.2 Å². The normalized spacial score (nSPS) is 20.9. The Kier molecular flexibility index (Phi) is 7.72. The average molecular weight is 408 g/mol. The third-order valence-corrected chi connectivity index (χ3v) is 8.58. The Morgan fingerprint density at radius 2 is 1.71 bits per heavy atom. The number of carbonyl (C=O) groups is 1. The molecule has 0 unspecified atom stereocenters. The molecule has 2 rings (SSSR count). The fourth-order valence-electron chi connectivity index (χ4n) is 3.83. The molecule has 158 valence electrons. The van der Waals surface area contributed by atoms with E-state index in [0.29, 0.717) is 17.6 Å². The summed E-state index contributed by atoms with van der Waals surface area (Å²) in [5.74, 6) is 1.28. The van der Waals surface area contributed by atoms with Crippen LogP contribution in [0.2, 0.25) is 0 Å². The van der Waals surface area contributed by atoms with Gasteiger partial charge in [-0.25, -0.2) is 8.42 Å². The lowest BCUT2D eigenvalue weighted by atomic mass is 9.80. The lowest BCUT2D eigenvalue weighted by molar-refractivity contribution is 0.0943. The molecule has 0 aliphatic heterocycles. The van der Waals surface area contributed by atoms with E-state index in [1.807, 2.05) is 32.0 Å². The van der Waals surface area contributed by atoms with Crippen LogP contribution in [0.4, 0.5) is 0 Å². The second-order valence-corrected chi connectivity index (χ2v) is 12.4. The van der Waals surface area contributed by atoms with E-state index < -0.39 is 14.6 Å². The zero-order valence-corrected chi connectivity index (χ0v) is 18.9. The van der Waals surface area contributed by atoms with Crippen molar-refractivity contribution in [3.63, 3.8) is 0 Å². The molecule has 1 aliphatic carbocycles. The second-order valence-electron chi connectivity index (χ2n) is 9.65. The number of nitrogens with one attached hydrogen (secondary N) is 1. The van der Waals surface area contributed by atoms with Crippen LogP contribution in [0.5, 0.6) is 0 Å². The summed E-state index contributed by atoms with van der Waals surface area (Å²) in [6.07, 6.45) is 6.32. The molecule has 0 bridgehead atoms. The Bertz CT molecular complexity index is 754. The zero-order chi connectivity index (χ0) is 20.9. The summed E-state index contributed by atoms with van der Waals surface area (Å²) in [4.78, 5) is 12.2. The summed E-state index contributed by atoms with van der Waals surface area (Å²) in [6.45, 7) is 9.31. The molecule has 28 heavy (non-hydrogen) atoms. The molecule has 4 nitrogen and oxygen atoms in total. The number of hydrogen-bond donors (Lipinski definition) is 1. The average Bonchev–Trinajstić information content (AvgIpc) is 2.59. The maximum Gasteiger partial charge on any atom is 0.251 e. The number of benzene rings is 1. The van der Waals surface area contributed by atoms with E-state index >= 15 is 0 Å². The van der Waals surface area contributed by atoms with Gasteiger partial charge in [0.25, 0.3) is 5.91 Å². The quantitative estimate of drug-likeness (QED) is 0.708. The number of aryl methyl sites for hydroxylation is 1. The first-order valence-electron chi connectivity index (χ1n) is 10.6. The van der Waals surface area contributed by atoms with Crippen LogP contribution in [0.3, 0.4) is 0 Å². The first-order chi connectivity index (χ1) is 13.0. The van der Waals surface area contributed by atoms with Crippen molar-refractivity contribution in [2.45, 2.75) is 83.9 Å². The van der Waals surface area contributed by atoms with E-state index in [2.05, 4.69) is 11.4 Å². The molecule has 0 aromatic heterocycles. The Morgan fingerprint density at radius 3 is 2.29 bits per heavy atom. The number of carbonyl (C=O) groups excluding carboxylic acids is 1. The van der Waals surface area contributed by atoms with Crippen LogP contribution >= 0.6 is 0 Å². The van der Waals surface area contributed by atoms with E-state index in [0.717, 1.165) is 44.1 Å². The van der Waals surface area contributed by atoms with E-state index in [-0.39, 0.29) is 11.9 Å². The number of hydrogen-bond acceptors (Lipinski definition) is 3. The summed E-state index contributed by atoms with van der Waals surface area (Å²) in [5.41, 5.74) is 1.93. The SMILES string of the molecule is CC(C)NC(=O)c1cccc(CCC2CCC(CS(=O)(=O)C(C)(C)C)CC2)c1. The molecule has 0 saturated heterocycles. The first kappa shape index (κ1) is 22.9. The van der Waals surface area contributed by atoms with Gasteiger partial charge in [-0.05, 0) is 89.8 Å². The molecule has 0 atom stereocenters. The standard InChI is InChI=1S/C23H37NO3S/c1-17(2)24-22(25)21-8-6-7-19(15-21)12-9-18-10-13-20(14-11-18)16-28(26,27)23(3,4)5/h6-8,15,17-18,20H,9-14,16H2,1-5H3,(H,24,25). The van der Waals surface area contributed by atoms with Crippen molar-refractivity contribution >= 4 is 15.7 Å². The minimum absolute atomic E-state index is 0.0163. The van der Waals surface area contributed by atoms with Gasteiger partial charge in [0.2, 0.25) is 0 Å². The molecule has 1 saturated carbocycles. The molecular weight excluding hydrogens is 370 g/mol. The molecule has 0 radical (unpaired) electrons. The van der Waals surface area contributed by atoms with Gasteiger partial charge in [0.15, 0.2) is 9.84 Å². The maximum atomic E-state index is 12.4. The van der Waals surface area contributed by atoms with Crippen LogP contribution in [0.15, 0.2) is 24.3 Å². The highest BCUT2D eigenvalue weighted by Crippen LogP contribution is 2.34. The highest BCUT2D eigenvalue weighted by molar-refractivity contribution is 7.92. The summed E-state index contributed by atoms with van der Waals surface area (Å²) >= 11 is 0. The third-order valence-electron chi connectivity index (χ3n) is 5.80. The molecule has 1 aromatic carbocycles. The first-order valence-corrected chi connectivity index (χ1v) is 12.3. The summed E-state index contributed by atoms with van der Waals surface area (Å²) in [7, 11) is -3.03. The number of amides is 1. The minimum Gasteiger partial charge on any atom is -0.350 e. The molecule has 1 fully saturated rings. The molecule has 1 aliphatic rings. The third kappa shape index (κ3) is 6.61. The second kappa shape index (κ2) is 9.43. The van der Waals surface area contributed by atoms with Crippen molar-refractivity contribution < 1.29 is 13.2 Å². The van der Waals surface area contributed by atoms with Crippen LogP contribution in [-0.4, -0.2) is 30.9 Å². The van der Waals surface area contributed by atoms with Gasteiger partial charge in [0.1, 0.15) is 0 Å². The lowest BCUT2D eigenvalue weighted by Crippen LogP contribution is -2.34. The molecule has 0 spiro atoms. The molecule has 1 N–H and O–H groups in total. The predicted octanol–water partition coefficient (Wildman–Crippen LogP) is 4.78. The van der Waals surface area contributed by atoms with Crippen LogP contribution in [0.1, 0.15) is 82.6 Å². The van der Waals surface area contributed by atoms with Crippen molar-refractivity contribution in [3.8, 4) is 0 Å². The molecule has 1 amide bonds. The lowest BCUT2D eigenvalue weighted by Gasteiger charge is -2.30. The maximum absolute atomic E-state index is 12.4. The summed E-state index contributed by atoms with van der Waals surface area (Å²) in [5, 5.41) is 2.94. The van der Waals surface area contributed by atoms with Crippen molar-refractivity contribution in [1.82, 2.24) is 5.32 Å². The largest absolute Gasteiger partial charge is 0.350 e. The van der Waals surface area contributed by atoms with Crippen molar-refractivity contribution in [1.29, 1.82) is 0 Å². The Labute approximate surface area is 171 Å². The molecule has 1 aromatic rings. The molecule has 0 heterocycles. The topological polar surface area (TPSA) is 63.2 Å². The Balaban J connectivity index is 1.82. The van der Waals surface area contributed by atoms with Crippen LogP contribution in [0, 0.1) is 11.8 Å². The fourth-order valence-corrected chi connectivity index (χ4v) is 5.29. The van der Waals surface area contributed by atoms with Gasteiger partial charge in [-0.3, -0.25) is 4.79 Å². The van der Waals surface area contributed by atoms with Gasteiger partial charge in [-0.1, -0.05) is 25.0 Å². The van der Waals surface area contributed by atoms with Gasteiger partial charge >= 0.3 is 0 Å². The Hall–Kier alpha value is -1.36. The van der Waals surface area contributed by atoms with Gasteiger partial charge in [-0.15, -0.1) is 0 Å². The highest BCUT2D eigenvalue weighted by atomic mass is 32.2. The Morgan fingerprint density at radius 1 is 1.11 bits per heavy atom. The van der Waals surface area contributed by atoms with Gasteiger partial charge < -0.3 is 5.32 Å². The van der Waals surface area contributed by atoms with Gasteiger partial charge in [0, 0.05) is 11.6 Å². The fraction of sp³-hybridized carbons (Fsp3) is 0.696. The van der Waals surface area contributed by atoms with E-state index in [1.54, 1.807) is 20.8 Å². The predicted molar refractivity (Wildman–Crippen MR) is 116 cm³/mol. The van der Waals surface area contributed by atoms with Gasteiger partial charge in [-0.2, -0.15) is 0 Å². The monoisotopic (exact) mass is 407 g/mol. The minimum atomic E-state index is -3.03. The molecular formula is C23H37NO3S. The number of rotatable bonds is 7. The van der Waals surface area contributed by atoms with Crippen LogP contribution in [-0.2, 0) is 16.3 Å².